The van der Waals surface area contributed by atoms with Gasteiger partial charge in [0.1, 0.15) is 5.82 Å². The third-order valence-electron chi connectivity index (χ3n) is 4.49. The van der Waals surface area contributed by atoms with Crippen LogP contribution in [0.5, 0.6) is 0 Å². The number of aliphatic hydroxyl groups excluding tert-OH is 2. The minimum absolute atomic E-state index is 0.0652. The molecule has 0 fully saturated rings. The van der Waals surface area contributed by atoms with Crippen LogP contribution in [0, 0.1) is 24.1 Å². The van der Waals surface area contributed by atoms with Crippen LogP contribution in [0.3, 0.4) is 0 Å². The number of benzene rings is 2. The van der Waals surface area contributed by atoms with Crippen LogP contribution in [-0.4, -0.2) is 42.9 Å². The van der Waals surface area contributed by atoms with Gasteiger partial charge in [-0.25, -0.2) is 4.39 Å². The second-order valence-corrected chi connectivity index (χ2v) is 6.69. The lowest BCUT2D eigenvalue weighted by Crippen LogP contribution is -2.15. The van der Waals surface area contributed by atoms with Gasteiger partial charge < -0.3 is 15.1 Å². The van der Waals surface area contributed by atoms with E-state index in [1.807, 2.05) is 53.1 Å². The van der Waals surface area contributed by atoms with E-state index in [2.05, 4.69) is 11.0 Å². The van der Waals surface area contributed by atoms with Crippen molar-refractivity contribution in [3.8, 4) is 6.07 Å². The second-order valence-electron chi connectivity index (χ2n) is 6.69. The number of hydrogen-bond donors (Lipinski definition) is 2. The zero-order chi connectivity index (χ0) is 22.4. The van der Waals surface area contributed by atoms with Gasteiger partial charge in [-0.15, -0.1) is 0 Å². The third kappa shape index (κ3) is 8.33. The standard InChI is InChI=1S/C21H25FN2O.C2H6.CH4O/c1-15-11-16(13-23)12-18(14-25)21(15)20(5-4-10-24(2)3)17-6-8-19(22)9-7-17;2*1-2/h6-9,11-12,20,25H,4-5,10,14H2,1-3H3;1-2H3;2H,1H3. The summed E-state index contributed by atoms with van der Waals surface area (Å²) in [6.07, 6.45) is 1.88. The predicted octanol–water partition coefficient (Wildman–Crippen LogP) is 4.61. The molecule has 0 amide bonds. The van der Waals surface area contributed by atoms with Gasteiger partial charge in [-0.2, -0.15) is 5.26 Å². The van der Waals surface area contributed by atoms with Gasteiger partial charge in [0.25, 0.3) is 0 Å². The quantitative estimate of drug-likeness (QED) is 0.710. The van der Waals surface area contributed by atoms with Crippen molar-refractivity contribution in [2.45, 2.75) is 46.1 Å². The molecule has 0 aromatic heterocycles. The molecule has 0 heterocycles. The van der Waals surface area contributed by atoms with Crippen molar-refractivity contribution in [3.63, 3.8) is 0 Å². The molecule has 0 saturated heterocycles. The molecule has 4 nitrogen and oxygen atoms in total. The predicted molar refractivity (Wildman–Crippen MR) is 117 cm³/mol. The first-order chi connectivity index (χ1) is 14.0. The average molecular weight is 403 g/mol. The van der Waals surface area contributed by atoms with E-state index < -0.39 is 0 Å². The van der Waals surface area contributed by atoms with Crippen molar-refractivity contribution in [3.05, 3.63) is 70.0 Å². The average Bonchev–Trinajstić information content (AvgIpc) is 2.74. The first-order valence-electron chi connectivity index (χ1n) is 9.95. The first-order valence-corrected chi connectivity index (χ1v) is 9.95. The smallest absolute Gasteiger partial charge is 0.123 e. The Hall–Kier alpha value is -2.26. The van der Waals surface area contributed by atoms with Crippen molar-refractivity contribution in [2.75, 3.05) is 27.7 Å². The zero-order valence-electron chi connectivity index (χ0n) is 18.5. The monoisotopic (exact) mass is 402 g/mol. The summed E-state index contributed by atoms with van der Waals surface area (Å²) >= 11 is 0. The van der Waals surface area contributed by atoms with E-state index >= 15 is 0 Å². The fraction of sp³-hybridized carbons (Fsp3) is 0.458. The van der Waals surface area contributed by atoms with Gasteiger partial charge >= 0.3 is 0 Å². The Morgan fingerprint density at radius 3 is 2.17 bits per heavy atom. The molecule has 5 heteroatoms. The topological polar surface area (TPSA) is 67.5 Å². The highest BCUT2D eigenvalue weighted by Gasteiger charge is 2.20. The summed E-state index contributed by atoms with van der Waals surface area (Å²) in [5, 5.41) is 26.0. The van der Waals surface area contributed by atoms with Gasteiger partial charge in [-0.3, -0.25) is 0 Å². The Morgan fingerprint density at radius 1 is 1.10 bits per heavy atom. The van der Waals surface area contributed by atoms with Crippen LogP contribution in [0.2, 0.25) is 0 Å². The molecule has 29 heavy (non-hydrogen) atoms. The highest BCUT2D eigenvalue weighted by molar-refractivity contribution is 5.48. The van der Waals surface area contributed by atoms with E-state index in [-0.39, 0.29) is 18.3 Å². The summed E-state index contributed by atoms with van der Waals surface area (Å²) in [6, 6.07) is 12.3. The largest absolute Gasteiger partial charge is 0.400 e. The Labute approximate surface area is 175 Å². The van der Waals surface area contributed by atoms with Gasteiger partial charge in [0.15, 0.2) is 0 Å². The van der Waals surface area contributed by atoms with Crippen LogP contribution in [0.1, 0.15) is 60.4 Å². The zero-order valence-corrected chi connectivity index (χ0v) is 18.5. The SMILES string of the molecule is CC.CO.Cc1cc(C#N)cc(CO)c1C(CCCN(C)C)c1ccc(F)cc1. The molecule has 1 unspecified atom stereocenters. The van der Waals surface area contributed by atoms with Crippen LogP contribution >= 0.6 is 0 Å². The molecule has 1 atom stereocenters. The summed E-state index contributed by atoms with van der Waals surface area (Å²) in [5.41, 5.74) is 4.39. The van der Waals surface area contributed by atoms with Crippen molar-refractivity contribution < 1.29 is 14.6 Å². The van der Waals surface area contributed by atoms with Crippen LogP contribution in [-0.2, 0) is 6.61 Å². The van der Waals surface area contributed by atoms with Gasteiger partial charge in [0, 0.05) is 13.0 Å². The molecule has 0 aliphatic carbocycles. The molecule has 0 aliphatic heterocycles. The minimum Gasteiger partial charge on any atom is -0.400 e. The van der Waals surface area contributed by atoms with Crippen molar-refractivity contribution >= 4 is 0 Å². The molecule has 2 N–H and O–H groups in total. The minimum atomic E-state index is -0.255. The molecule has 0 spiro atoms. The normalized spacial score (nSPS) is 10.9. The molecular weight excluding hydrogens is 367 g/mol. The van der Waals surface area contributed by atoms with E-state index in [1.54, 1.807) is 6.07 Å². The highest BCUT2D eigenvalue weighted by Crippen LogP contribution is 2.35. The molecule has 0 saturated carbocycles. The number of halogens is 1. The summed E-state index contributed by atoms with van der Waals surface area (Å²) in [5.74, 6) is -0.190. The first kappa shape index (κ1) is 26.7. The fourth-order valence-electron chi connectivity index (χ4n) is 3.35. The number of hydrogen-bond acceptors (Lipinski definition) is 4. The maximum Gasteiger partial charge on any atom is 0.123 e. The number of nitrogens with zero attached hydrogens (tertiary/aromatic N) is 2. The maximum atomic E-state index is 13.4. The van der Waals surface area contributed by atoms with E-state index in [0.29, 0.717) is 5.56 Å². The summed E-state index contributed by atoms with van der Waals surface area (Å²) in [6.45, 7) is 6.82. The summed E-state index contributed by atoms with van der Waals surface area (Å²) < 4.78 is 13.4. The molecule has 2 aromatic rings. The molecule has 0 aliphatic rings. The van der Waals surface area contributed by atoms with Crippen LogP contribution < -0.4 is 0 Å². The molecular formula is C24H35FN2O2. The Morgan fingerprint density at radius 2 is 1.69 bits per heavy atom. The molecule has 160 valence electrons. The van der Waals surface area contributed by atoms with Crippen molar-refractivity contribution in [1.29, 1.82) is 5.26 Å². The highest BCUT2D eigenvalue weighted by atomic mass is 19.1. The molecule has 0 radical (unpaired) electrons. The lowest BCUT2D eigenvalue weighted by molar-refractivity contribution is 0.279. The van der Waals surface area contributed by atoms with Crippen molar-refractivity contribution in [1.82, 2.24) is 4.90 Å². The Bertz CT molecular complexity index is 753. The van der Waals surface area contributed by atoms with Gasteiger partial charge in [0.05, 0.1) is 18.2 Å². The van der Waals surface area contributed by atoms with E-state index in [4.69, 9.17) is 5.11 Å². The Kier molecular flexibility index (Phi) is 13.6. The summed E-state index contributed by atoms with van der Waals surface area (Å²) in [7, 11) is 5.08. The summed E-state index contributed by atoms with van der Waals surface area (Å²) in [4.78, 5) is 2.14. The number of rotatable bonds is 7. The van der Waals surface area contributed by atoms with Gasteiger partial charge in [0.2, 0.25) is 0 Å². The lowest BCUT2D eigenvalue weighted by Gasteiger charge is -2.24. The maximum absolute atomic E-state index is 13.4. The molecule has 2 rings (SSSR count). The van der Waals surface area contributed by atoms with E-state index in [0.717, 1.165) is 48.8 Å². The van der Waals surface area contributed by atoms with Gasteiger partial charge in [-0.1, -0.05) is 26.0 Å². The second kappa shape index (κ2) is 14.7. The van der Waals surface area contributed by atoms with E-state index in [1.165, 1.54) is 12.1 Å². The van der Waals surface area contributed by atoms with Crippen LogP contribution in [0.4, 0.5) is 4.39 Å². The lowest BCUT2D eigenvalue weighted by atomic mass is 9.81. The fourth-order valence-corrected chi connectivity index (χ4v) is 3.35. The number of nitriles is 1. The van der Waals surface area contributed by atoms with Crippen molar-refractivity contribution in [2.24, 2.45) is 0 Å². The molecule has 0 bridgehead atoms. The van der Waals surface area contributed by atoms with Gasteiger partial charge in [-0.05, 0) is 86.9 Å². The van der Waals surface area contributed by atoms with Crippen LogP contribution in [0.25, 0.3) is 0 Å². The third-order valence-corrected chi connectivity index (χ3v) is 4.49. The van der Waals surface area contributed by atoms with Crippen LogP contribution in [0.15, 0.2) is 36.4 Å². The number of aliphatic hydroxyl groups is 2. The Balaban J connectivity index is 0.00000184. The molecule has 2 aromatic carbocycles. The number of aryl methyl sites for hydroxylation is 1. The van der Waals surface area contributed by atoms with E-state index in [9.17, 15) is 14.8 Å².